The number of imidazole rings is 1. The first-order chi connectivity index (χ1) is 30.1. The maximum absolute atomic E-state index is 5.17. The van der Waals surface area contributed by atoms with Crippen LogP contribution >= 0.6 is 0 Å². The lowest BCUT2D eigenvalue weighted by Crippen LogP contribution is -2.09. The van der Waals surface area contributed by atoms with Gasteiger partial charge in [0.15, 0.2) is 0 Å². The fourth-order valence-corrected chi connectivity index (χ4v) is 8.14. The van der Waals surface area contributed by atoms with Crippen molar-refractivity contribution in [2.75, 3.05) is 9.80 Å². The number of hydrogen-bond donors (Lipinski definition) is 0. The van der Waals surface area contributed by atoms with Crippen molar-refractivity contribution in [1.82, 2.24) is 9.55 Å². The molecule has 0 saturated heterocycles. The summed E-state index contributed by atoms with van der Waals surface area (Å²) in [5.41, 5.74) is 18.0. The first-order valence-corrected chi connectivity index (χ1v) is 20.8. The molecule has 0 aliphatic rings. The zero-order chi connectivity index (χ0) is 41.1. The molecule has 61 heavy (non-hydrogen) atoms. The number of aromatic nitrogens is 2. The van der Waals surface area contributed by atoms with Gasteiger partial charge in [0.2, 0.25) is 0 Å². The van der Waals surface area contributed by atoms with Crippen molar-refractivity contribution in [2.24, 2.45) is 0 Å². The maximum atomic E-state index is 5.17. The Morgan fingerprint density at radius 2 is 0.639 bits per heavy atom. The van der Waals surface area contributed by atoms with Crippen LogP contribution in [0.25, 0.3) is 50.4 Å². The van der Waals surface area contributed by atoms with E-state index < -0.39 is 0 Å². The molecule has 0 amide bonds. The van der Waals surface area contributed by atoms with Gasteiger partial charge in [-0.05, 0) is 133 Å². The predicted molar refractivity (Wildman–Crippen MR) is 256 cm³/mol. The maximum Gasteiger partial charge on any atom is 0.145 e. The van der Waals surface area contributed by atoms with E-state index in [4.69, 9.17) is 4.98 Å². The Morgan fingerprint density at radius 3 is 1.08 bits per heavy atom. The van der Waals surface area contributed by atoms with Crippen molar-refractivity contribution >= 4 is 45.2 Å². The van der Waals surface area contributed by atoms with E-state index in [0.29, 0.717) is 0 Å². The molecular formula is C57H44N4. The van der Waals surface area contributed by atoms with Crippen LogP contribution in [0.4, 0.5) is 34.1 Å². The normalized spacial score (nSPS) is 11.1. The van der Waals surface area contributed by atoms with Crippen molar-refractivity contribution in [3.05, 3.63) is 242 Å². The van der Waals surface area contributed by atoms with E-state index >= 15 is 0 Å². The Bertz CT molecular complexity index is 3030. The number of hydrogen-bond acceptors (Lipinski definition) is 3. The molecule has 10 rings (SSSR count). The number of anilines is 6. The summed E-state index contributed by atoms with van der Waals surface area (Å²) < 4.78 is 2.27. The second-order valence-electron chi connectivity index (χ2n) is 15.5. The van der Waals surface area contributed by atoms with E-state index in [1.165, 1.54) is 11.1 Å². The highest BCUT2D eigenvalue weighted by Gasteiger charge is 2.17. The van der Waals surface area contributed by atoms with Crippen molar-refractivity contribution < 1.29 is 0 Å². The highest BCUT2D eigenvalue weighted by atomic mass is 15.1. The lowest BCUT2D eigenvalue weighted by atomic mass is 10.0. The molecule has 4 nitrogen and oxygen atoms in total. The van der Waals surface area contributed by atoms with Gasteiger partial charge in [0.1, 0.15) is 5.82 Å². The number of para-hydroxylation sites is 4. The molecule has 0 atom stereocenters. The van der Waals surface area contributed by atoms with Gasteiger partial charge in [0.25, 0.3) is 0 Å². The molecule has 0 aliphatic heterocycles. The van der Waals surface area contributed by atoms with Crippen molar-refractivity contribution in [2.45, 2.75) is 13.8 Å². The van der Waals surface area contributed by atoms with Gasteiger partial charge in [0.05, 0.1) is 11.0 Å². The first kappa shape index (κ1) is 37.3. The monoisotopic (exact) mass is 784 g/mol. The molecule has 9 aromatic carbocycles. The molecular weight excluding hydrogens is 741 g/mol. The van der Waals surface area contributed by atoms with E-state index in [0.717, 1.165) is 84.5 Å². The Hall–Kier alpha value is -7.95. The van der Waals surface area contributed by atoms with Crippen LogP contribution in [-0.4, -0.2) is 9.55 Å². The molecule has 292 valence electrons. The lowest BCUT2D eigenvalue weighted by molar-refractivity contribution is 1.10. The van der Waals surface area contributed by atoms with Crippen LogP contribution in [0.1, 0.15) is 11.1 Å². The molecule has 4 heteroatoms. The minimum Gasteiger partial charge on any atom is -0.311 e. The SMILES string of the molecule is Cc1ccc(N(c2ccccc2)c2ccc(-c3ccc(-c4nc5ccccc5n4-c4ccc(-c5ccc(N(c6ccccc6)c6ccc(C)cc6)cc5)cc4)cc3)cc2)cc1. The predicted octanol–water partition coefficient (Wildman–Crippen LogP) is 15.6. The molecule has 10 aromatic rings. The van der Waals surface area contributed by atoms with Crippen molar-refractivity contribution in [3.63, 3.8) is 0 Å². The molecule has 0 fully saturated rings. The Kier molecular flexibility index (Phi) is 10.0. The van der Waals surface area contributed by atoms with Gasteiger partial charge in [0, 0.05) is 45.4 Å². The second kappa shape index (κ2) is 16.4. The van der Waals surface area contributed by atoms with Crippen LogP contribution in [0, 0.1) is 13.8 Å². The third-order valence-corrected chi connectivity index (χ3v) is 11.4. The van der Waals surface area contributed by atoms with Gasteiger partial charge in [-0.3, -0.25) is 4.57 Å². The molecule has 0 radical (unpaired) electrons. The number of rotatable bonds is 10. The highest BCUT2D eigenvalue weighted by Crippen LogP contribution is 2.38. The van der Waals surface area contributed by atoms with Gasteiger partial charge in [-0.15, -0.1) is 0 Å². The van der Waals surface area contributed by atoms with E-state index in [1.54, 1.807) is 0 Å². The van der Waals surface area contributed by atoms with Crippen LogP contribution in [0.15, 0.2) is 231 Å². The van der Waals surface area contributed by atoms with Crippen molar-refractivity contribution in [1.29, 1.82) is 0 Å². The largest absolute Gasteiger partial charge is 0.311 e. The molecule has 0 unspecified atom stereocenters. The van der Waals surface area contributed by atoms with Crippen molar-refractivity contribution in [3.8, 4) is 39.3 Å². The highest BCUT2D eigenvalue weighted by molar-refractivity contribution is 5.85. The molecule has 0 bridgehead atoms. The third-order valence-electron chi connectivity index (χ3n) is 11.4. The number of fused-ring (bicyclic) bond motifs is 1. The summed E-state index contributed by atoms with van der Waals surface area (Å²) in [6.07, 6.45) is 0. The molecule has 0 saturated carbocycles. The summed E-state index contributed by atoms with van der Waals surface area (Å²) in [6, 6.07) is 82.1. The van der Waals surface area contributed by atoms with Crippen LogP contribution in [0.2, 0.25) is 0 Å². The third kappa shape index (κ3) is 7.59. The van der Waals surface area contributed by atoms with Crippen LogP contribution in [0.5, 0.6) is 0 Å². The summed E-state index contributed by atoms with van der Waals surface area (Å²) in [6.45, 7) is 4.25. The van der Waals surface area contributed by atoms with E-state index in [1.807, 2.05) is 0 Å². The van der Waals surface area contributed by atoms with Crippen LogP contribution in [0.3, 0.4) is 0 Å². The molecule has 0 N–H and O–H groups in total. The summed E-state index contributed by atoms with van der Waals surface area (Å²) in [5.74, 6) is 0.911. The summed E-state index contributed by atoms with van der Waals surface area (Å²) in [5, 5.41) is 0. The first-order valence-electron chi connectivity index (χ1n) is 20.8. The minimum atomic E-state index is 0.911. The summed E-state index contributed by atoms with van der Waals surface area (Å²) in [7, 11) is 0. The van der Waals surface area contributed by atoms with Gasteiger partial charge in [-0.25, -0.2) is 4.98 Å². The molecule has 1 aromatic heterocycles. The van der Waals surface area contributed by atoms with Gasteiger partial charge in [-0.2, -0.15) is 0 Å². The molecule has 0 aliphatic carbocycles. The van der Waals surface area contributed by atoms with Gasteiger partial charge >= 0.3 is 0 Å². The van der Waals surface area contributed by atoms with Crippen LogP contribution in [-0.2, 0) is 0 Å². The average molecular weight is 785 g/mol. The smallest absolute Gasteiger partial charge is 0.145 e. The fraction of sp³-hybridized carbons (Fsp3) is 0.0351. The minimum absolute atomic E-state index is 0.911. The lowest BCUT2D eigenvalue weighted by Gasteiger charge is -2.25. The van der Waals surface area contributed by atoms with Gasteiger partial charge in [-0.1, -0.05) is 145 Å². The fourth-order valence-electron chi connectivity index (χ4n) is 8.14. The second-order valence-corrected chi connectivity index (χ2v) is 15.5. The number of nitrogens with zero attached hydrogens (tertiary/aromatic N) is 4. The summed E-state index contributed by atoms with van der Waals surface area (Å²) >= 11 is 0. The Labute approximate surface area is 357 Å². The Balaban J connectivity index is 0.923. The Morgan fingerprint density at radius 1 is 0.311 bits per heavy atom. The quantitative estimate of drug-likeness (QED) is 0.138. The molecule has 0 spiro atoms. The number of aryl methyl sites for hydroxylation is 2. The van der Waals surface area contributed by atoms with Gasteiger partial charge < -0.3 is 9.80 Å². The summed E-state index contributed by atoms with van der Waals surface area (Å²) in [4.78, 5) is 9.77. The standard InChI is InChI=1S/C57H44N4/c1-41-17-31-50(32-18-41)59(48-11-5-3-6-12-48)52-35-25-44(26-36-52)43-21-23-47(24-22-43)57-58-55-15-9-10-16-56(55)61(57)54-39-29-46(30-40-54)45-27-37-53(38-28-45)60(49-13-7-4-8-14-49)51-33-19-42(2)20-34-51/h3-40H,1-2H3. The van der Waals surface area contributed by atoms with E-state index in [-0.39, 0.29) is 0 Å². The van der Waals surface area contributed by atoms with Crippen LogP contribution < -0.4 is 9.80 Å². The van der Waals surface area contributed by atoms with E-state index in [2.05, 4.69) is 259 Å². The topological polar surface area (TPSA) is 24.3 Å². The zero-order valence-electron chi connectivity index (χ0n) is 34.2. The average Bonchev–Trinajstić information content (AvgIpc) is 3.72. The molecule has 1 heterocycles. The number of benzene rings is 9. The zero-order valence-corrected chi connectivity index (χ0v) is 34.2. The van der Waals surface area contributed by atoms with E-state index in [9.17, 15) is 0 Å².